The molecule has 0 atom stereocenters. The standard InChI is InChI=1S/C10H14N6S/c1-12-10(16-8-11)15-4-5-17-7-9-6-13-2-3-14-9/h2-3,6H,4-5,7H2,1H3,(H2,12,15,16). The number of hydrogen-bond donors (Lipinski definition) is 2. The molecule has 0 aliphatic rings. The van der Waals surface area contributed by atoms with E-state index >= 15 is 0 Å². The molecule has 1 heterocycles. The average Bonchev–Trinajstić information content (AvgIpc) is 2.38. The van der Waals surface area contributed by atoms with Crippen molar-refractivity contribution in [3.05, 3.63) is 24.3 Å². The number of aliphatic imine (C=N–C) groups is 1. The fourth-order valence-electron chi connectivity index (χ4n) is 1.05. The molecule has 0 aromatic carbocycles. The van der Waals surface area contributed by atoms with E-state index in [-0.39, 0.29) is 0 Å². The van der Waals surface area contributed by atoms with Gasteiger partial charge in [-0.25, -0.2) is 0 Å². The number of thioether (sulfide) groups is 1. The van der Waals surface area contributed by atoms with Crippen molar-refractivity contribution >= 4 is 17.7 Å². The number of guanidine groups is 1. The quantitative estimate of drug-likeness (QED) is 0.258. The molecular weight excluding hydrogens is 236 g/mol. The number of nitrogens with one attached hydrogen (secondary N) is 2. The Hall–Kier alpha value is -1.81. The van der Waals surface area contributed by atoms with Gasteiger partial charge >= 0.3 is 0 Å². The summed E-state index contributed by atoms with van der Waals surface area (Å²) in [6.07, 6.45) is 6.92. The third-order valence-corrected chi connectivity index (χ3v) is 2.80. The summed E-state index contributed by atoms with van der Waals surface area (Å²) < 4.78 is 0. The van der Waals surface area contributed by atoms with Crippen LogP contribution in [-0.4, -0.2) is 35.3 Å². The Balaban J connectivity index is 2.11. The summed E-state index contributed by atoms with van der Waals surface area (Å²) >= 11 is 1.75. The largest absolute Gasteiger partial charge is 0.355 e. The zero-order valence-electron chi connectivity index (χ0n) is 9.55. The van der Waals surface area contributed by atoms with E-state index in [1.54, 1.807) is 37.4 Å². The van der Waals surface area contributed by atoms with Crippen molar-refractivity contribution in [3.63, 3.8) is 0 Å². The van der Waals surface area contributed by atoms with Crippen molar-refractivity contribution < 1.29 is 0 Å². The van der Waals surface area contributed by atoms with E-state index in [1.807, 2.05) is 6.19 Å². The second-order valence-electron chi connectivity index (χ2n) is 2.99. The maximum Gasteiger partial charge on any atom is 0.204 e. The van der Waals surface area contributed by atoms with E-state index in [0.717, 1.165) is 23.7 Å². The van der Waals surface area contributed by atoms with E-state index in [1.165, 1.54) is 0 Å². The SMILES string of the molecule is CN=C(NC#N)NCCSCc1cnccn1. The van der Waals surface area contributed by atoms with Gasteiger partial charge in [0.15, 0.2) is 6.19 Å². The number of rotatable bonds is 5. The predicted octanol–water partition coefficient (Wildman–Crippen LogP) is 0.356. The van der Waals surface area contributed by atoms with Crippen molar-refractivity contribution in [3.8, 4) is 6.19 Å². The van der Waals surface area contributed by atoms with E-state index in [9.17, 15) is 0 Å². The Morgan fingerprint density at radius 2 is 2.47 bits per heavy atom. The lowest BCUT2D eigenvalue weighted by atomic mass is 10.5. The van der Waals surface area contributed by atoms with E-state index < -0.39 is 0 Å². The summed E-state index contributed by atoms with van der Waals surface area (Å²) in [5, 5.41) is 13.9. The lowest BCUT2D eigenvalue weighted by molar-refractivity contribution is 0.930. The first-order chi connectivity index (χ1) is 8.36. The Morgan fingerprint density at radius 1 is 1.59 bits per heavy atom. The second-order valence-corrected chi connectivity index (χ2v) is 4.09. The molecule has 1 aromatic rings. The number of nitriles is 1. The lowest BCUT2D eigenvalue weighted by Gasteiger charge is -2.06. The lowest BCUT2D eigenvalue weighted by Crippen LogP contribution is -2.35. The number of nitrogens with zero attached hydrogens (tertiary/aromatic N) is 4. The van der Waals surface area contributed by atoms with Crippen molar-refractivity contribution in [1.29, 1.82) is 5.26 Å². The first-order valence-corrected chi connectivity index (χ1v) is 6.20. The fourth-order valence-corrected chi connectivity index (χ4v) is 1.80. The highest BCUT2D eigenvalue weighted by atomic mass is 32.2. The van der Waals surface area contributed by atoms with Crippen LogP contribution in [0, 0.1) is 11.5 Å². The Kier molecular flexibility index (Phi) is 6.51. The van der Waals surface area contributed by atoms with Crippen LogP contribution in [0.2, 0.25) is 0 Å². The Bertz CT molecular complexity index is 386. The molecule has 0 aliphatic heterocycles. The van der Waals surface area contributed by atoms with Crippen molar-refractivity contribution in [2.75, 3.05) is 19.3 Å². The fraction of sp³-hybridized carbons (Fsp3) is 0.400. The molecule has 0 radical (unpaired) electrons. The van der Waals surface area contributed by atoms with Crippen molar-refractivity contribution in [2.24, 2.45) is 4.99 Å². The highest BCUT2D eigenvalue weighted by Gasteiger charge is 1.96. The topological polar surface area (TPSA) is 86.0 Å². The van der Waals surface area contributed by atoms with E-state index in [0.29, 0.717) is 5.96 Å². The molecule has 0 amide bonds. The molecule has 7 heteroatoms. The van der Waals surface area contributed by atoms with Crippen LogP contribution in [0.5, 0.6) is 0 Å². The Morgan fingerprint density at radius 3 is 3.12 bits per heavy atom. The van der Waals surface area contributed by atoms with Gasteiger partial charge in [-0.3, -0.25) is 20.3 Å². The first-order valence-electron chi connectivity index (χ1n) is 5.05. The predicted molar refractivity (Wildman–Crippen MR) is 68.3 cm³/mol. The summed E-state index contributed by atoms with van der Waals surface area (Å²) in [5.74, 6) is 2.23. The molecule has 2 N–H and O–H groups in total. The number of hydrogen-bond acceptors (Lipinski definition) is 5. The van der Waals surface area contributed by atoms with Crippen molar-refractivity contribution in [1.82, 2.24) is 20.6 Å². The van der Waals surface area contributed by atoms with Crippen LogP contribution in [0.4, 0.5) is 0 Å². The summed E-state index contributed by atoms with van der Waals surface area (Å²) in [7, 11) is 1.62. The first kappa shape index (κ1) is 13.3. The average molecular weight is 250 g/mol. The monoisotopic (exact) mass is 250 g/mol. The summed E-state index contributed by atoms with van der Waals surface area (Å²) in [4.78, 5) is 12.0. The summed E-state index contributed by atoms with van der Waals surface area (Å²) in [5.41, 5.74) is 0.969. The molecule has 0 spiro atoms. The van der Waals surface area contributed by atoms with Gasteiger partial charge in [0.2, 0.25) is 5.96 Å². The van der Waals surface area contributed by atoms with Gasteiger partial charge in [-0.2, -0.15) is 17.0 Å². The van der Waals surface area contributed by atoms with Gasteiger partial charge in [0.05, 0.1) is 5.69 Å². The molecule has 1 aromatic heterocycles. The third-order valence-electron chi connectivity index (χ3n) is 1.80. The maximum absolute atomic E-state index is 8.42. The van der Waals surface area contributed by atoms with Crippen LogP contribution in [-0.2, 0) is 5.75 Å². The van der Waals surface area contributed by atoms with Gasteiger partial charge in [-0.1, -0.05) is 0 Å². The maximum atomic E-state index is 8.42. The molecule has 90 valence electrons. The van der Waals surface area contributed by atoms with Crippen LogP contribution >= 0.6 is 11.8 Å². The molecule has 1 rings (SSSR count). The highest BCUT2D eigenvalue weighted by Crippen LogP contribution is 2.06. The molecule has 0 bridgehead atoms. The van der Waals surface area contributed by atoms with Gasteiger partial charge in [-0.15, -0.1) is 0 Å². The second kappa shape index (κ2) is 8.35. The van der Waals surface area contributed by atoms with Crippen LogP contribution in [0.15, 0.2) is 23.6 Å². The minimum absolute atomic E-state index is 0.493. The smallest absolute Gasteiger partial charge is 0.204 e. The summed E-state index contributed by atoms with van der Waals surface area (Å²) in [6, 6.07) is 0. The molecule has 0 aliphatic carbocycles. The molecule has 0 unspecified atom stereocenters. The molecular formula is C10H14N6S. The van der Waals surface area contributed by atoms with Gasteiger partial charge in [0.25, 0.3) is 0 Å². The normalized spacial score (nSPS) is 10.7. The summed E-state index contributed by atoms with van der Waals surface area (Å²) in [6.45, 7) is 0.742. The van der Waals surface area contributed by atoms with Gasteiger partial charge < -0.3 is 5.32 Å². The Labute approximate surface area is 105 Å². The number of aromatic nitrogens is 2. The zero-order valence-corrected chi connectivity index (χ0v) is 10.4. The molecule has 17 heavy (non-hydrogen) atoms. The molecule has 0 fully saturated rings. The highest BCUT2D eigenvalue weighted by molar-refractivity contribution is 7.98. The zero-order chi connectivity index (χ0) is 12.3. The molecule has 0 saturated carbocycles. The molecule has 0 saturated heterocycles. The third kappa shape index (κ3) is 5.73. The van der Waals surface area contributed by atoms with Gasteiger partial charge in [-0.05, 0) is 0 Å². The van der Waals surface area contributed by atoms with Crippen LogP contribution < -0.4 is 10.6 Å². The van der Waals surface area contributed by atoms with Crippen LogP contribution in [0.25, 0.3) is 0 Å². The van der Waals surface area contributed by atoms with E-state index in [4.69, 9.17) is 5.26 Å². The minimum Gasteiger partial charge on any atom is -0.355 e. The molecule has 6 nitrogen and oxygen atoms in total. The van der Waals surface area contributed by atoms with Crippen molar-refractivity contribution in [2.45, 2.75) is 5.75 Å². The van der Waals surface area contributed by atoms with E-state index in [2.05, 4.69) is 25.6 Å². The minimum atomic E-state index is 0.493. The van der Waals surface area contributed by atoms with Crippen LogP contribution in [0.3, 0.4) is 0 Å². The van der Waals surface area contributed by atoms with Gasteiger partial charge in [0, 0.05) is 43.7 Å². The van der Waals surface area contributed by atoms with Crippen LogP contribution in [0.1, 0.15) is 5.69 Å². The van der Waals surface area contributed by atoms with Gasteiger partial charge in [0.1, 0.15) is 0 Å².